The number of piperazine rings is 1. The van der Waals surface area contributed by atoms with Crippen molar-refractivity contribution in [1.29, 1.82) is 0 Å². The van der Waals surface area contributed by atoms with Gasteiger partial charge in [-0.05, 0) is 118 Å². The van der Waals surface area contributed by atoms with Crippen molar-refractivity contribution in [2.45, 2.75) is 83.8 Å². The number of H-pyrrole nitrogens is 4. The summed E-state index contributed by atoms with van der Waals surface area (Å²) in [6, 6.07) is 33.4. The summed E-state index contributed by atoms with van der Waals surface area (Å²) in [5.74, 6) is 2.16. The third-order valence-corrected chi connectivity index (χ3v) is 22.4. The van der Waals surface area contributed by atoms with Gasteiger partial charge in [0.2, 0.25) is 15.9 Å². The molecular formula is C69H76Cl4N14O6S. The molecule has 0 radical (unpaired) electrons. The topological polar surface area (TPSA) is 230 Å². The van der Waals surface area contributed by atoms with Crippen LogP contribution in [0.25, 0.3) is 43.6 Å². The molecule has 1 atom stereocenters. The first-order valence-electron chi connectivity index (χ1n) is 31.7. The number of aromatic amines is 4. The first-order chi connectivity index (χ1) is 44.9. The van der Waals surface area contributed by atoms with Crippen LogP contribution >= 0.6 is 46.4 Å². The van der Waals surface area contributed by atoms with Gasteiger partial charge < -0.3 is 44.3 Å². The van der Waals surface area contributed by atoms with Crippen LogP contribution in [0.2, 0.25) is 20.1 Å². The molecule has 492 valence electrons. The zero-order valence-corrected chi connectivity index (χ0v) is 57.1. The molecule has 2 spiro atoms. The van der Waals surface area contributed by atoms with E-state index >= 15 is 0 Å². The van der Waals surface area contributed by atoms with Gasteiger partial charge in [0.1, 0.15) is 22.6 Å². The van der Waals surface area contributed by atoms with E-state index in [9.17, 15) is 22.8 Å². The Hall–Kier alpha value is -7.89. The zero-order chi connectivity index (χ0) is 66.1. The molecule has 5 aromatic carbocycles. The fourth-order valence-corrected chi connectivity index (χ4v) is 16.6. The lowest BCUT2D eigenvalue weighted by atomic mass is 9.67. The Bertz CT molecular complexity index is 4620. The number of carbonyl (C=O) groups excluding carboxylic acids is 3. The lowest BCUT2D eigenvalue weighted by molar-refractivity contribution is -0.129. The molecule has 7 N–H and O–H groups in total. The number of hydrogen-bond donors (Lipinski definition) is 7. The number of anilines is 5. The third-order valence-electron chi connectivity index (χ3n) is 19.6. The summed E-state index contributed by atoms with van der Waals surface area (Å²) >= 11 is 25.0. The number of carbonyl (C=O) groups is 3. The second-order valence-corrected chi connectivity index (χ2v) is 30.4. The molecule has 25 heteroatoms. The summed E-state index contributed by atoms with van der Waals surface area (Å²) in [4.78, 5) is 57.8. The molecule has 16 rings (SSSR count). The van der Waals surface area contributed by atoms with Crippen LogP contribution in [-0.2, 0) is 31.6 Å². The Kier molecular flexibility index (Phi) is 17.5. The predicted octanol–water partition coefficient (Wildman–Crippen LogP) is 13.1. The average molecular weight is 1370 g/mol. The minimum atomic E-state index is -3.09. The number of aryl methyl sites for hydroxylation is 1. The number of piperidine rings is 2. The number of imide groups is 1. The van der Waals surface area contributed by atoms with E-state index in [1.54, 1.807) is 11.2 Å². The molecule has 10 aromatic rings. The van der Waals surface area contributed by atoms with Gasteiger partial charge >= 0.3 is 6.03 Å². The van der Waals surface area contributed by atoms with Crippen LogP contribution in [0.3, 0.4) is 0 Å². The lowest BCUT2D eigenvalue weighted by Gasteiger charge is -2.50. The normalized spacial score (nSPS) is 20.1. The summed E-state index contributed by atoms with van der Waals surface area (Å²) in [5, 5.41) is 23.2. The van der Waals surface area contributed by atoms with Gasteiger partial charge in [0.15, 0.2) is 0 Å². The van der Waals surface area contributed by atoms with Crippen LogP contribution in [-0.4, -0.2) is 138 Å². The molecule has 1 unspecified atom stereocenters. The number of halogens is 4. The highest BCUT2D eigenvalue weighted by Crippen LogP contribution is 2.45. The highest BCUT2D eigenvalue weighted by atomic mass is 35.5. The Labute approximate surface area is 565 Å². The monoisotopic (exact) mass is 1370 g/mol. The molecule has 11 heterocycles. The minimum absolute atomic E-state index is 0.0519. The van der Waals surface area contributed by atoms with Crippen molar-refractivity contribution in [2.24, 2.45) is 5.41 Å². The van der Waals surface area contributed by atoms with Crippen LogP contribution in [0.1, 0.15) is 71.0 Å². The van der Waals surface area contributed by atoms with Crippen LogP contribution in [0.4, 0.5) is 33.2 Å². The first kappa shape index (κ1) is 64.8. The number of nitrogens with one attached hydrogen (secondary N) is 7. The molecular weight excluding hydrogens is 1290 g/mol. The number of fused-ring (bicyclic) bond motifs is 5. The molecule has 4 amide bonds. The number of furan rings is 1. The SMILES string of the molecule is CC1(C)CN(c2cc(Cl)cc3[nH]ccc23)CCC12NC(=O)NC2=O.CCS(=O)(=O)N1CCN(c2cc(Cl)cc3[nH]ccc23)CC1.Cc1cc2c(o1)CN(c1cc(Cl)cc3[nH]ccc13)CC2(C)C.O=C1N(c2ccccc2)CNC12CCN(c1cc(Cl)cc3[nH]ncc13)CC2. The standard InChI is InChI=1S/C20H20ClN5O.C18H19ClN2O.C17H19ClN4O2.C14H18ClN3O2S/c21-14-10-17-16(12-23-24-17)18(11-14)25-8-6-20(7-9-25)19(27)26(13-22-20)15-4-2-1-3-5-15;1-11-6-14-17(22-11)9-21(10-18(14,2)3)16-8-12(19)7-15-13(16)4-5-20-15;1-16(2)9-22(6-4-17(16)14(23)20-15(24)21-17)13-8-10(18)7-12-11(13)3-5-19-12;1-2-21(19,20)18-7-5-17(6-8-18)14-10-11(15)9-13-12(14)3-4-16-13/h1-5,10-12,22H,6-9,13H2,(H,23,24);4-8,20H,9-10H2,1-3H3;3,5,7-8,19H,4,6,9H2,1-2H3,(H2,20,21,23,24);3-4,9-10,16H,2,5-8H2,1H3. The number of nitrogens with zero attached hydrogens (tertiary/aromatic N) is 7. The van der Waals surface area contributed by atoms with Crippen molar-refractivity contribution in [3.63, 3.8) is 0 Å². The van der Waals surface area contributed by atoms with Gasteiger partial charge in [0.05, 0.1) is 30.7 Å². The van der Waals surface area contributed by atoms with Gasteiger partial charge in [-0.15, -0.1) is 0 Å². The van der Waals surface area contributed by atoms with E-state index in [1.165, 1.54) is 10.9 Å². The summed E-state index contributed by atoms with van der Waals surface area (Å²) in [7, 11) is -3.09. The second kappa shape index (κ2) is 25.4. The van der Waals surface area contributed by atoms with Crippen LogP contribution < -0.4 is 40.4 Å². The summed E-state index contributed by atoms with van der Waals surface area (Å²) in [6.45, 7) is 19.9. The molecule has 5 fully saturated rings. The molecule has 0 bridgehead atoms. The first-order valence-corrected chi connectivity index (χ1v) is 34.8. The van der Waals surface area contributed by atoms with Crippen LogP contribution in [0.5, 0.6) is 0 Å². The quantitative estimate of drug-likeness (QED) is 0.0739. The van der Waals surface area contributed by atoms with Gasteiger partial charge in [-0.3, -0.25) is 30.2 Å². The number of benzene rings is 5. The highest BCUT2D eigenvalue weighted by Gasteiger charge is 2.59. The Morgan fingerprint density at radius 1 is 0.596 bits per heavy atom. The van der Waals surface area contributed by atoms with Gasteiger partial charge in [-0.25, -0.2) is 13.2 Å². The van der Waals surface area contributed by atoms with Crippen molar-refractivity contribution in [3.05, 3.63) is 165 Å². The van der Waals surface area contributed by atoms with Gasteiger partial charge in [0.25, 0.3) is 5.91 Å². The molecule has 0 aliphatic carbocycles. The van der Waals surface area contributed by atoms with E-state index in [1.807, 2.05) is 135 Å². The number of aromatic nitrogens is 5. The van der Waals surface area contributed by atoms with E-state index in [-0.39, 0.29) is 23.0 Å². The van der Waals surface area contributed by atoms with Gasteiger partial charge in [-0.1, -0.05) is 92.3 Å². The van der Waals surface area contributed by atoms with Crippen molar-refractivity contribution >= 4 is 146 Å². The Morgan fingerprint density at radius 2 is 1.12 bits per heavy atom. The Morgan fingerprint density at radius 3 is 1.66 bits per heavy atom. The fourth-order valence-electron chi connectivity index (χ4n) is 14.6. The predicted molar refractivity (Wildman–Crippen MR) is 378 cm³/mol. The summed E-state index contributed by atoms with van der Waals surface area (Å²) in [5.41, 5.74) is 8.92. The number of sulfonamides is 1. The number of urea groups is 1. The average Bonchev–Trinajstić information content (AvgIpc) is 1.43. The molecule has 5 saturated heterocycles. The highest BCUT2D eigenvalue weighted by molar-refractivity contribution is 7.89. The van der Waals surface area contributed by atoms with Crippen molar-refractivity contribution in [2.75, 3.05) is 95.8 Å². The Balaban J connectivity index is 0.000000114. The van der Waals surface area contributed by atoms with E-state index in [0.29, 0.717) is 67.4 Å². The van der Waals surface area contributed by atoms with Crippen molar-refractivity contribution in [3.8, 4) is 0 Å². The minimum Gasteiger partial charge on any atom is -0.464 e. The number of hydrogen-bond acceptors (Lipinski definition) is 12. The molecule has 94 heavy (non-hydrogen) atoms. The van der Waals surface area contributed by atoms with Crippen LogP contribution in [0.15, 0.2) is 132 Å². The van der Waals surface area contributed by atoms with Crippen molar-refractivity contribution in [1.82, 2.24) is 45.4 Å². The van der Waals surface area contributed by atoms with E-state index in [0.717, 1.165) is 122 Å². The fraction of sp³-hybridized carbons (Fsp3) is 0.362. The maximum absolute atomic E-state index is 13.2. The third kappa shape index (κ3) is 12.3. The largest absolute Gasteiger partial charge is 0.464 e. The molecule has 6 aliphatic rings. The zero-order valence-electron chi connectivity index (χ0n) is 53.2. The maximum atomic E-state index is 13.2. The maximum Gasteiger partial charge on any atom is 0.322 e. The molecule has 5 aromatic heterocycles. The van der Waals surface area contributed by atoms with E-state index < -0.39 is 32.5 Å². The van der Waals surface area contributed by atoms with E-state index in [2.05, 4.69) is 92.7 Å². The van der Waals surface area contributed by atoms with Gasteiger partial charge in [-0.2, -0.15) is 9.40 Å². The molecule has 20 nitrogen and oxygen atoms in total. The summed E-state index contributed by atoms with van der Waals surface area (Å²) < 4.78 is 31.3. The molecule has 6 aliphatic heterocycles. The number of rotatable bonds is 7. The second-order valence-electron chi connectivity index (χ2n) is 26.4. The number of para-hydroxylation sites is 1. The van der Waals surface area contributed by atoms with E-state index in [4.69, 9.17) is 50.8 Å². The van der Waals surface area contributed by atoms with Crippen LogP contribution in [0, 0.1) is 12.3 Å². The van der Waals surface area contributed by atoms with Gasteiger partial charge in [0, 0.05) is 181 Å². The smallest absolute Gasteiger partial charge is 0.322 e. The van der Waals surface area contributed by atoms with Crippen molar-refractivity contribution < 1.29 is 27.2 Å². The lowest BCUT2D eigenvalue weighted by Crippen LogP contribution is -2.66. The summed E-state index contributed by atoms with van der Waals surface area (Å²) in [6.07, 6.45) is 9.66. The number of amides is 4. The molecule has 0 saturated carbocycles.